The zero-order valence-electron chi connectivity index (χ0n) is 17.7. The van der Waals surface area contributed by atoms with E-state index < -0.39 is 15.9 Å². The Bertz CT molecular complexity index is 1220. The fourth-order valence-electron chi connectivity index (χ4n) is 2.81. The van der Waals surface area contributed by atoms with Gasteiger partial charge in [0.05, 0.1) is 27.8 Å². The lowest BCUT2D eigenvalue weighted by atomic mass is 10.1. The first kappa shape index (κ1) is 24.9. The van der Waals surface area contributed by atoms with Gasteiger partial charge in [0.25, 0.3) is 15.9 Å². The molecule has 2 N–H and O–H groups in total. The van der Waals surface area contributed by atoms with E-state index >= 15 is 0 Å². The molecule has 0 heterocycles. The van der Waals surface area contributed by atoms with Gasteiger partial charge in [0.15, 0.2) is 0 Å². The van der Waals surface area contributed by atoms with Crippen LogP contribution in [0.5, 0.6) is 11.5 Å². The van der Waals surface area contributed by atoms with Crippen molar-refractivity contribution < 1.29 is 22.7 Å². The minimum absolute atomic E-state index is 0.00772. The summed E-state index contributed by atoms with van der Waals surface area (Å²) in [6.07, 6.45) is 0. The molecule has 174 valence electrons. The summed E-state index contributed by atoms with van der Waals surface area (Å²) in [5.74, 6) is 0.398. The first-order chi connectivity index (χ1) is 15.8. The second-order valence-electron chi connectivity index (χ2n) is 6.75. The average molecular weight is 509 g/mol. The Hall–Kier alpha value is -2.78. The highest BCUT2D eigenvalue weighted by atomic mass is 35.5. The molecule has 0 aliphatic carbocycles. The topological polar surface area (TPSA) is 93.7 Å². The molecule has 10 heteroatoms. The van der Waals surface area contributed by atoms with Crippen LogP contribution in [0.1, 0.15) is 17.3 Å². The van der Waals surface area contributed by atoms with Gasteiger partial charge in [0, 0.05) is 18.2 Å². The molecule has 0 bridgehead atoms. The minimum atomic E-state index is -3.99. The van der Waals surface area contributed by atoms with Crippen molar-refractivity contribution in [3.63, 3.8) is 0 Å². The lowest BCUT2D eigenvalue weighted by Gasteiger charge is -2.14. The van der Waals surface area contributed by atoms with E-state index in [1.165, 1.54) is 42.5 Å². The maximum Gasteiger partial charge on any atom is 0.261 e. The van der Waals surface area contributed by atoms with Gasteiger partial charge >= 0.3 is 0 Å². The molecule has 33 heavy (non-hydrogen) atoms. The van der Waals surface area contributed by atoms with Gasteiger partial charge in [-0.05, 0) is 61.5 Å². The summed E-state index contributed by atoms with van der Waals surface area (Å²) in [5, 5.41) is 3.41. The Morgan fingerprint density at radius 2 is 1.73 bits per heavy atom. The van der Waals surface area contributed by atoms with Crippen molar-refractivity contribution in [2.75, 3.05) is 24.5 Å². The smallest absolute Gasteiger partial charge is 0.261 e. The van der Waals surface area contributed by atoms with E-state index in [0.29, 0.717) is 34.8 Å². The van der Waals surface area contributed by atoms with E-state index in [0.717, 1.165) is 0 Å². The van der Waals surface area contributed by atoms with Gasteiger partial charge in [-0.3, -0.25) is 9.52 Å². The van der Waals surface area contributed by atoms with Crippen LogP contribution >= 0.6 is 23.2 Å². The van der Waals surface area contributed by atoms with Crippen molar-refractivity contribution in [3.05, 3.63) is 82.3 Å². The Labute approximate surface area is 202 Å². The summed E-state index contributed by atoms with van der Waals surface area (Å²) >= 11 is 12.1. The number of anilines is 1. The van der Waals surface area contributed by atoms with Gasteiger partial charge in [0.2, 0.25) is 0 Å². The molecule has 0 saturated heterocycles. The highest BCUT2D eigenvalue weighted by Gasteiger charge is 2.19. The van der Waals surface area contributed by atoms with Crippen molar-refractivity contribution in [3.8, 4) is 11.5 Å². The number of para-hydroxylation sites is 1. The van der Waals surface area contributed by atoms with Crippen LogP contribution in [-0.4, -0.2) is 34.1 Å². The van der Waals surface area contributed by atoms with Crippen LogP contribution in [0.25, 0.3) is 0 Å². The molecule has 3 rings (SSSR count). The summed E-state index contributed by atoms with van der Waals surface area (Å²) in [4.78, 5) is 12.6. The summed E-state index contributed by atoms with van der Waals surface area (Å²) in [5.41, 5.74) is 0.200. The lowest BCUT2D eigenvalue weighted by molar-refractivity contribution is 0.0923. The molecule has 1 amide bonds. The molecule has 7 nitrogen and oxygen atoms in total. The number of carbonyl (C=O) groups is 1. The highest BCUT2D eigenvalue weighted by Crippen LogP contribution is 2.30. The van der Waals surface area contributed by atoms with Crippen molar-refractivity contribution >= 4 is 44.8 Å². The maximum absolute atomic E-state index is 12.9. The summed E-state index contributed by atoms with van der Waals surface area (Å²) < 4.78 is 39.2. The van der Waals surface area contributed by atoms with Crippen LogP contribution in [0.4, 0.5) is 5.69 Å². The molecule has 3 aromatic rings. The van der Waals surface area contributed by atoms with Crippen molar-refractivity contribution in [1.82, 2.24) is 5.32 Å². The first-order valence-electron chi connectivity index (χ1n) is 10.0. The third-order valence-electron chi connectivity index (χ3n) is 4.41. The second kappa shape index (κ2) is 11.4. The number of hydrogen-bond acceptors (Lipinski definition) is 5. The Balaban J connectivity index is 1.76. The van der Waals surface area contributed by atoms with E-state index in [2.05, 4.69) is 10.0 Å². The largest absolute Gasteiger partial charge is 0.456 e. The Morgan fingerprint density at radius 3 is 2.42 bits per heavy atom. The van der Waals surface area contributed by atoms with Crippen LogP contribution in [-0.2, 0) is 14.8 Å². The van der Waals surface area contributed by atoms with E-state index in [9.17, 15) is 13.2 Å². The quantitative estimate of drug-likeness (QED) is 0.360. The number of ether oxygens (including phenoxy) is 2. The molecule has 0 fully saturated rings. The molecule has 0 aliphatic rings. The van der Waals surface area contributed by atoms with Crippen molar-refractivity contribution in [2.45, 2.75) is 11.8 Å². The molecule has 0 spiro atoms. The number of halogens is 2. The van der Waals surface area contributed by atoms with Crippen LogP contribution in [0.15, 0.2) is 71.6 Å². The maximum atomic E-state index is 12.9. The van der Waals surface area contributed by atoms with E-state index in [1.54, 1.807) is 24.3 Å². The number of carbonyl (C=O) groups excluding carboxylic acids is 1. The molecule has 0 unspecified atom stereocenters. The summed E-state index contributed by atoms with van der Waals surface area (Å²) in [6.45, 7) is 2.99. The predicted octanol–water partition coefficient (Wildman–Crippen LogP) is 5.35. The molecular weight excluding hydrogens is 487 g/mol. The van der Waals surface area contributed by atoms with E-state index in [-0.39, 0.29) is 22.7 Å². The highest BCUT2D eigenvalue weighted by molar-refractivity contribution is 7.92. The second-order valence-corrected chi connectivity index (χ2v) is 9.28. The normalized spacial score (nSPS) is 11.1. The zero-order valence-corrected chi connectivity index (χ0v) is 20.0. The molecule has 0 saturated carbocycles. The van der Waals surface area contributed by atoms with Gasteiger partial charge < -0.3 is 14.8 Å². The lowest BCUT2D eigenvalue weighted by Crippen LogP contribution is -2.28. The van der Waals surface area contributed by atoms with Gasteiger partial charge in [-0.15, -0.1) is 0 Å². The molecule has 0 radical (unpaired) electrons. The minimum Gasteiger partial charge on any atom is -0.456 e. The first-order valence-corrected chi connectivity index (χ1v) is 12.2. The average Bonchev–Trinajstić information content (AvgIpc) is 2.79. The third-order valence-corrected chi connectivity index (χ3v) is 6.33. The van der Waals surface area contributed by atoms with Gasteiger partial charge in [0.1, 0.15) is 11.5 Å². The fraction of sp³-hybridized carbons (Fsp3) is 0.174. The van der Waals surface area contributed by atoms with Crippen LogP contribution in [0.2, 0.25) is 10.0 Å². The van der Waals surface area contributed by atoms with Crippen molar-refractivity contribution in [1.29, 1.82) is 0 Å². The number of benzene rings is 3. The SMILES string of the molecule is CCOCCNC(=O)c1cc(Cl)ccc1NS(=O)(=O)c1ccc(Oc2ccccc2Cl)cc1. The predicted molar refractivity (Wildman–Crippen MR) is 129 cm³/mol. The summed E-state index contributed by atoms with van der Waals surface area (Å²) in [7, 11) is -3.99. The number of nitrogens with one attached hydrogen (secondary N) is 2. The van der Waals surface area contributed by atoms with Gasteiger partial charge in [-0.25, -0.2) is 8.42 Å². The van der Waals surface area contributed by atoms with Crippen LogP contribution < -0.4 is 14.8 Å². The van der Waals surface area contributed by atoms with E-state index in [1.807, 2.05) is 6.92 Å². The standard InChI is InChI=1S/C23H22Cl2N2O5S/c1-2-31-14-13-26-23(28)19-15-16(24)7-12-21(19)27-33(29,30)18-10-8-17(9-11-18)32-22-6-4-3-5-20(22)25/h3-12,15,27H,2,13-14H2,1H3,(H,26,28). The van der Waals surface area contributed by atoms with Crippen LogP contribution in [0.3, 0.4) is 0 Å². The number of sulfonamides is 1. The molecule has 0 aliphatic heterocycles. The fourth-order valence-corrected chi connectivity index (χ4v) is 4.24. The zero-order chi connectivity index (χ0) is 23.8. The molecular formula is C23H22Cl2N2O5S. The monoisotopic (exact) mass is 508 g/mol. The summed E-state index contributed by atoms with van der Waals surface area (Å²) in [6, 6.07) is 17.1. The number of amides is 1. The van der Waals surface area contributed by atoms with Crippen LogP contribution in [0, 0.1) is 0 Å². The van der Waals surface area contributed by atoms with Gasteiger partial charge in [-0.1, -0.05) is 35.3 Å². The van der Waals surface area contributed by atoms with Gasteiger partial charge in [-0.2, -0.15) is 0 Å². The van der Waals surface area contributed by atoms with E-state index in [4.69, 9.17) is 32.7 Å². The number of hydrogen-bond donors (Lipinski definition) is 2. The Morgan fingerprint density at radius 1 is 1.00 bits per heavy atom. The van der Waals surface area contributed by atoms with Crippen molar-refractivity contribution in [2.24, 2.45) is 0 Å². The third kappa shape index (κ3) is 6.85. The molecule has 0 atom stereocenters. The number of rotatable bonds is 10. The Kier molecular flexibility index (Phi) is 8.57. The molecule has 0 aromatic heterocycles. The molecule has 3 aromatic carbocycles.